The third-order valence-corrected chi connectivity index (χ3v) is 6.31. The van der Waals surface area contributed by atoms with Crippen molar-refractivity contribution in [1.82, 2.24) is 0 Å². The van der Waals surface area contributed by atoms with Crippen molar-refractivity contribution in [2.75, 3.05) is 0 Å². The van der Waals surface area contributed by atoms with Gasteiger partial charge in [0.25, 0.3) is 0 Å². The van der Waals surface area contributed by atoms with Crippen molar-refractivity contribution >= 4 is 38.8 Å². The van der Waals surface area contributed by atoms with Crippen LogP contribution in [0, 0.1) is 5.82 Å². The van der Waals surface area contributed by atoms with Gasteiger partial charge in [0.15, 0.2) is 15.7 Å². The molecule has 3 nitrogen and oxygen atoms in total. The summed E-state index contributed by atoms with van der Waals surface area (Å²) in [6.45, 7) is 3.48. The van der Waals surface area contributed by atoms with Gasteiger partial charge in [0, 0.05) is 10.6 Å². The molecule has 28 heavy (non-hydrogen) atoms. The summed E-state index contributed by atoms with van der Waals surface area (Å²) in [5.41, 5.74) is 2.16. The summed E-state index contributed by atoms with van der Waals surface area (Å²) in [5, 5.41) is 9.50. The summed E-state index contributed by atoms with van der Waals surface area (Å²) in [5.74, 6) is -1.90. The van der Waals surface area contributed by atoms with Crippen LogP contribution in [0.15, 0.2) is 72.1 Å². The maximum Gasteiger partial charge on any atom is 0.185 e. The molecular formula is C21H15Cl2FO3S. The molecule has 0 aromatic heterocycles. The third-order valence-electron chi connectivity index (χ3n) is 4.16. The Balaban J connectivity index is 2.11. The molecule has 0 heterocycles. The number of aliphatic hydroxyl groups is 1. The minimum absolute atomic E-state index is 0.00908. The Morgan fingerprint density at radius 1 is 1.00 bits per heavy atom. The average Bonchev–Trinajstić information content (AvgIpc) is 2.64. The van der Waals surface area contributed by atoms with Crippen molar-refractivity contribution in [3.05, 3.63) is 94.2 Å². The van der Waals surface area contributed by atoms with Crippen molar-refractivity contribution < 1.29 is 17.9 Å². The van der Waals surface area contributed by atoms with Crippen LogP contribution >= 0.6 is 23.2 Å². The Labute approximate surface area is 172 Å². The van der Waals surface area contributed by atoms with E-state index in [0.29, 0.717) is 0 Å². The van der Waals surface area contributed by atoms with Crippen LogP contribution in [0.5, 0.6) is 0 Å². The van der Waals surface area contributed by atoms with Gasteiger partial charge in [0.05, 0.1) is 10.8 Å². The van der Waals surface area contributed by atoms with Crippen molar-refractivity contribution in [3.63, 3.8) is 0 Å². The SMILES string of the molecule is C=C(O)c1ccc(-c2ccccc2)cc1CS(=O)(=O)c1cc(Cl)cc(Cl)c1F. The largest absolute Gasteiger partial charge is 0.508 e. The molecule has 7 heteroatoms. The lowest BCUT2D eigenvalue weighted by Crippen LogP contribution is -2.09. The molecule has 0 bridgehead atoms. The third kappa shape index (κ3) is 4.22. The molecule has 144 valence electrons. The summed E-state index contributed by atoms with van der Waals surface area (Å²) in [6.07, 6.45) is 0. The van der Waals surface area contributed by atoms with E-state index in [2.05, 4.69) is 6.58 Å². The molecule has 0 aliphatic carbocycles. The predicted molar refractivity (Wildman–Crippen MR) is 111 cm³/mol. The Hall–Kier alpha value is -2.34. The lowest BCUT2D eigenvalue weighted by molar-refractivity contribution is 0.513. The number of hydrogen-bond donors (Lipinski definition) is 1. The van der Waals surface area contributed by atoms with Gasteiger partial charge in [-0.15, -0.1) is 0 Å². The van der Waals surface area contributed by atoms with Crippen LogP contribution < -0.4 is 0 Å². The maximum atomic E-state index is 14.3. The van der Waals surface area contributed by atoms with Gasteiger partial charge >= 0.3 is 0 Å². The normalized spacial score (nSPS) is 11.4. The minimum atomic E-state index is -4.14. The number of hydrogen-bond acceptors (Lipinski definition) is 3. The number of halogens is 3. The zero-order chi connectivity index (χ0) is 20.5. The van der Waals surface area contributed by atoms with E-state index in [4.69, 9.17) is 23.2 Å². The van der Waals surface area contributed by atoms with Crippen LogP contribution in [0.2, 0.25) is 10.0 Å². The second kappa shape index (κ2) is 7.95. The van der Waals surface area contributed by atoms with Gasteiger partial charge in [-0.2, -0.15) is 0 Å². The van der Waals surface area contributed by atoms with E-state index < -0.39 is 26.3 Å². The molecule has 0 saturated carbocycles. The first-order valence-electron chi connectivity index (χ1n) is 8.13. The summed E-state index contributed by atoms with van der Waals surface area (Å²) in [6, 6.07) is 16.4. The van der Waals surface area contributed by atoms with Crippen LogP contribution in [0.4, 0.5) is 4.39 Å². The maximum absolute atomic E-state index is 14.3. The van der Waals surface area contributed by atoms with Gasteiger partial charge in [-0.25, -0.2) is 12.8 Å². The van der Waals surface area contributed by atoms with Crippen LogP contribution in [0.25, 0.3) is 16.9 Å². The predicted octanol–water partition coefficient (Wildman–Crippen LogP) is 6.30. The molecule has 0 saturated heterocycles. The average molecular weight is 437 g/mol. The van der Waals surface area contributed by atoms with E-state index in [9.17, 15) is 17.9 Å². The molecular weight excluding hydrogens is 422 g/mol. The van der Waals surface area contributed by atoms with Gasteiger partial charge in [-0.05, 0) is 34.9 Å². The Morgan fingerprint density at radius 3 is 2.32 bits per heavy atom. The first-order valence-corrected chi connectivity index (χ1v) is 10.5. The van der Waals surface area contributed by atoms with Crippen LogP contribution in [-0.2, 0) is 15.6 Å². The topological polar surface area (TPSA) is 54.4 Å². The first kappa shape index (κ1) is 20.4. The fourth-order valence-corrected chi connectivity index (χ4v) is 4.95. The monoisotopic (exact) mass is 436 g/mol. The van der Waals surface area contributed by atoms with Crippen molar-refractivity contribution in [2.45, 2.75) is 10.6 Å². The highest BCUT2D eigenvalue weighted by molar-refractivity contribution is 7.90. The molecule has 0 spiro atoms. The molecule has 0 aliphatic heterocycles. The molecule has 3 aromatic rings. The van der Waals surface area contributed by atoms with Gasteiger partial charge in [-0.1, -0.05) is 72.2 Å². The van der Waals surface area contributed by atoms with Gasteiger partial charge in [0.1, 0.15) is 10.7 Å². The molecule has 0 unspecified atom stereocenters. The lowest BCUT2D eigenvalue weighted by Gasteiger charge is -2.13. The number of aliphatic hydroxyl groups excluding tert-OH is 1. The summed E-state index contributed by atoms with van der Waals surface area (Å²) in [7, 11) is -4.14. The molecule has 0 atom stereocenters. The smallest absolute Gasteiger partial charge is 0.185 e. The van der Waals surface area contributed by atoms with E-state index in [1.54, 1.807) is 18.2 Å². The molecule has 0 radical (unpaired) electrons. The molecule has 1 N–H and O–H groups in total. The second-order valence-electron chi connectivity index (χ2n) is 6.14. The Morgan fingerprint density at radius 2 is 1.68 bits per heavy atom. The highest BCUT2D eigenvalue weighted by Gasteiger charge is 2.24. The number of sulfone groups is 1. The quantitative estimate of drug-likeness (QED) is 0.376. The van der Waals surface area contributed by atoms with Crippen molar-refractivity contribution in [3.8, 4) is 11.1 Å². The minimum Gasteiger partial charge on any atom is -0.508 e. The lowest BCUT2D eigenvalue weighted by atomic mass is 9.99. The number of benzene rings is 3. The molecule has 3 aromatic carbocycles. The van der Waals surface area contributed by atoms with E-state index in [0.717, 1.165) is 23.3 Å². The first-order chi connectivity index (χ1) is 13.2. The van der Waals surface area contributed by atoms with E-state index >= 15 is 0 Å². The zero-order valence-corrected chi connectivity index (χ0v) is 16.8. The molecule has 3 rings (SSSR count). The van der Waals surface area contributed by atoms with Crippen molar-refractivity contribution in [1.29, 1.82) is 0 Å². The van der Waals surface area contributed by atoms with Crippen molar-refractivity contribution in [2.24, 2.45) is 0 Å². The second-order valence-corrected chi connectivity index (χ2v) is 8.95. The van der Waals surface area contributed by atoms with Gasteiger partial charge in [0.2, 0.25) is 0 Å². The standard InChI is InChI=1S/C21H15Cl2FO3S/c1-13(25)18-8-7-15(14-5-3-2-4-6-14)9-16(18)12-28(26,27)20-11-17(22)10-19(23)21(20)24/h2-11,25H,1,12H2. The molecule has 0 fully saturated rings. The fourth-order valence-electron chi connectivity index (χ4n) is 2.85. The highest BCUT2D eigenvalue weighted by Crippen LogP contribution is 2.32. The van der Waals surface area contributed by atoms with Gasteiger partial charge < -0.3 is 5.11 Å². The van der Waals surface area contributed by atoms with Gasteiger partial charge in [-0.3, -0.25) is 0 Å². The zero-order valence-electron chi connectivity index (χ0n) is 14.5. The summed E-state index contributed by atoms with van der Waals surface area (Å²) < 4.78 is 40.1. The van der Waals surface area contributed by atoms with E-state index in [-0.39, 0.29) is 26.9 Å². The van der Waals surface area contributed by atoms with Crippen LogP contribution in [0.1, 0.15) is 11.1 Å². The molecule has 0 amide bonds. The summed E-state index contributed by atoms with van der Waals surface area (Å²) >= 11 is 11.6. The molecule has 0 aliphatic rings. The number of rotatable bonds is 5. The van der Waals surface area contributed by atoms with E-state index in [1.165, 1.54) is 0 Å². The van der Waals surface area contributed by atoms with E-state index in [1.807, 2.05) is 30.3 Å². The Kier molecular flexibility index (Phi) is 5.79. The fraction of sp³-hybridized carbons (Fsp3) is 0.0476. The highest BCUT2D eigenvalue weighted by atomic mass is 35.5. The van der Waals surface area contributed by atoms with Crippen LogP contribution in [0.3, 0.4) is 0 Å². The summed E-state index contributed by atoms with van der Waals surface area (Å²) in [4.78, 5) is -0.593. The van der Waals surface area contributed by atoms with Crippen LogP contribution in [-0.4, -0.2) is 13.5 Å². The Bertz CT molecular complexity index is 1160.